The lowest BCUT2D eigenvalue weighted by molar-refractivity contribution is -0.135. The van der Waals surface area contributed by atoms with Crippen molar-refractivity contribution in [1.29, 1.82) is 0 Å². The Balaban J connectivity index is 1.21. The number of hydrogen-bond donors (Lipinski definition) is 0. The number of rotatable bonds is 8. The normalized spacial score (nSPS) is 17.7. The van der Waals surface area contributed by atoms with E-state index in [9.17, 15) is 9.59 Å². The second-order valence-corrected chi connectivity index (χ2v) is 11.4. The summed E-state index contributed by atoms with van der Waals surface area (Å²) in [5.74, 6) is 2.29. The number of aryl methyl sites for hydroxylation is 2. The van der Waals surface area contributed by atoms with Gasteiger partial charge in [-0.25, -0.2) is 0 Å². The van der Waals surface area contributed by atoms with Crippen molar-refractivity contribution in [3.63, 3.8) is 0 Å². The molecule has 6 rings (SSSR count). The van der Waals surface area contributed by atoms with Crippen LogP contribution in [0.5, 0.6) is 17.2 Å². The summed E-state index contributed by atoms with van der Waals surface area (Å²) in [7, 11) is 0. The number of thiophene rings is 1. The number of carbonyl (C=O) groups is 2. The molecule has 0 unspecified atom stereocenters. The number of fused-ring (bicyclic) bond motifs is 2. The van der Waals surface area contributed by atoms with Crippen molar-refractivity contribution in [3.05, 3.63) is 75.0 Å². The molecule has 0 bridgehead atoms. The molecule has 2 aromatic carbocycles. The van der Waals surface area contributed by atoms with E-state index in [1.807, 2.05) is 24.0 Å². The van der Waals surface area contributed by atoms with Crippen LogP contribution >= 0.6 is 11.3 Å². The van der Waals surface area contributed by atoms with Gasteiger partial charge in [0.2, 0.25) is 12.7 Å². The van der Waals surface area contributed by atoms with Crippen LogP contribution in [-0.4, -0.2) is 54.6 Å². The number of hydrogen-bond acceptors (Lipinski definition) is 6. The minimum absolute atomic E-state index is 0.0449. The monoisotopic (exact) mass is 532 g/mol. The molecule has 0 spiro atoms. The topological polar surface area (TPSA) is 68.3 Å². The zero-order chi connectivity index (χ0) is 26.2. The van der Waals surface area contributed by atoms with Gasteiger partial charge < -0.3 is 24.0 Å². The molecule has 1 atom stereocenters. The Labute approximate surface area is 226 Å². The van der Waals surface area contributed by atoms with E-state index in [4.69, 9.17) is 14.2 Å². The molecule has 7 nitrogen and oxygen atoms in total. The highest BCUT2D eigenvalue weighted by atomic mass is 32.1. The highest BCUT2D eigenvalue weighted by molar-refractivity contribution is 7.10. The van der Waals surface area contributed by atoms with Crippen LogP contribution in [0, 0.1) is 19.8 Å². The highest BCUT2D eigenvalue weighted by Crippen LogP contribution is 2.36. The first-order valence-corrected chi connectivity index (χ1v) is 14.1. The number of nitrogens with zero attached hydrogens (tertiary/aromatic N) is 2. The van der Waals surface area contributed by atoms with E-state index < -0.39 is 0 Å². The third kappa shape index (κ3) is 5.10. The summed E-state index contributed by atoms with van der Waals surface area (Å²) in [5.41, 5.74) is 3.92. The first-order chi connectivity index (χ1) is 18.5. The Hall–Kier alpha value is -3.52. The van der Waals surface area contributed by atoms with Gasteiger partial charge in [-0.15, -0.1) is 11.3 Å². The summed E-state index contributed by atoms with van der Waals surface area (Å²) >= 11 is 1.73. The molecule has 1 aromatic heterocycles. The van der Waals surface area contributed by atoms with Crippen LogP contribution in [0.2, 0.25) is 0 Å². The molecule has 1 aliphatic carbocycles. The quantitative estimate of drug-likeness (QED) is 0.401. The van der Waals surface area contributed by atoms with Crippen LogP contribution in [-0.2, 0) is 11.2 Å². The smallest absolute Gasteiger partial charge is 0.254 e. The van der Waals surface area contributed by atoms with E-state index >= 15 is 0 Å². The van der Waals surface area contributed by atoms with Crippen molar-refractivity contribution in [2.75, 3.05) is 33.0 Å². The number of carbonyl (C=O) groups excluding carboxylic acids is 2. The number of amides is 2. The van der Waals surface area contributed by atoms with Gasteiger partial charge >= 0.3 is 0 Å². The maximum Gasteiger partial charge on any atom is 0.254 e. The third-order valence-electron chi connectivity index (χ3n) is 7.55. The average molecular weight is 533 g/mol. The fourth-order valence-electron chi connectivity index (χ4n) is 5.30. The molecule has 2 aliphatic heterocycles. The van der Waals surface area contributed by atoms with E-state index in [1.165, 1.54) is 10.4 Å². The van der Waals surface area contributed by atoms with E-state index in [2.05, 4.69) is 24.4 Å². The molecule has 1 fully saturated rings. The van der Waals surface area contributed by atoms with Gasteiger partial charge in [0.15, 0.2) is 11.5 Å². The molecule has 8 heteroatoms. The number of benzene rings is 2. The predicted octanol–water partition coefficient (Wildman–Crippen LogP) is 5.15. The van der Waals surface area contributed by atoms with Gasteiger partial charge in [-0.05, 0) is 85.9 Å². The summed E-state index contributed by atoms with van der Waals surface area (Å²) in [5, 5.41) is 2.09. The first kappa shape index (κ1) is 24.8. The van der Waals surface area contributed by atoms with Gasteiger partial charge in [-0.2, -0.15) is 0 Å². The molecule has 3 aliphatic rings. The molecule has 1 saturated carbocycles. The van der Waals surface area contributed by atoms with Gasteiger partial charge in [-0.1, -0.05) is 17.7 Å². The fraction of sp³-hybridized carbons (Fsp3) is 0.400. The summed E-state index contributed by atoms with van der Waals surface area (Å²) in [6.07, 6.45) is 3.00. The van der Waals surface area contributed by atoms with Crippen LogP contribution in [0.4, 0.5) is 0 Å². The summed E-state index contributed by atoms with van der Waals surface area (Å²) in [6.45, 7) is 5.88. The minimum Gasteiger partial charge on any atom is -0.491 e. The second kappa shape index (κ2) is 10.3. The summed E-state index contributed by atoms with van der Waals surface area (Å²) in [6, 6.07) is 13.3. The Morgan fingerprint density at radius 1 is 1.08 bits per heavy atom. The second-order valence-electron chi connectivity index (χ2n) is 10.4. The van der Waals surface area contributed by atoms with Crippen molar-refractivity contribution < 1.29 is 23.8 Å². The maximum absolute atomic E-state index is 13.8. The molecule has 0 saturated heterocycles. The van der Waals surface area contributed by atoms with Crippen LogP contribution in [0.15, 0.2) is 47.8 Å². The Morgan fingerprint density at radius 2 is 1.92 bits per heavy atom. The summed E-state index contributed by atoms with van der Waals surface area (Å²) in [4.78, 5) is 32.3. The van der Waals surface area contributed by atoms with Gasteiger partial charge in [0.05, 0.1) is 6.04 Å². The standard InChI is InChI=1S/C30H32N2O5S/c1-19-3-7-25(20(2)13-19)35-17-24-23-10-12-38-28(23)9-11-32(24)29(33)16-31(15-21-4-5-21)30(34)22-6-8-26-27(14-22)37-18-36-26/h3,6-8,10,12-14,21,24H,4-5,9,11,15-18H2,1-2H3/t24-/m0/s1. The highest BCUT2D eigenvalue weighted by Gasteiger charge is 2.35. The predicted molar refractivity (Wildman–Crippen MR) is 145 cm³/mol. The molecule has 0 radical (unpaired) electrons. The van der Waals surface area contributed by atoms with E-state index in [1.54, 1.807) is 34.4 Å². The van der Waals surface area contributed by atoms with Gasteiger partial charge in [-0.3, -0.25) is 9.59 Å². The van der Waals surface area contributed by atoms with Gasteiger partial charge in [0, 0.05) is 23.5 Å². The molecular formula is C30H32N2O5S. The van der Waals surface area contributed by atoms with Crippen LogP contribution in [0.1, 0.15) is 50.8 Å². The lowest BCUT2D eigenvalue weighted by Gasteiger charge is -2.37. The Bertz CT molecular complexity index is 1360. The summed E-state index contributed by atoms with van der Waals surface area (Å²) < 4.78 is 17.2. The zero-order valence-electron chi connectivity index (χ0n) is 21.8. The Morgan fingerprint density at radius 3 is 2.74 bits per heavy atom. The largest absolute Gasteiger partial charge is 0.491 e. The van der Waals surface area contributed by atoms with E-state index in [-0.39, 0.29) is 31.2 Å². The first-order valence-electron chi connectivity index (χ1n) is 13.2. The van der Waals surface area contributed by atoms with Gasteiger partial charge in [0.25, 0.3) is 5.91 Å². The zero-order valence-corrected chi connectivity index (χ0v) is 22.6. The van der Waals surface area contributed by atoms with Crippen molar-refractivity contribution in [1.82, 2.24) is 9.80 Å². The molecule has 3 aromatic rings. The molecular weight excluding hydrogens is 500 g/mol. The van der Waals surface area contributed by atoms with E-state index in [0.717, 1.165) is 36.1 Å². The fourth-order valence-corrected chi connectivity index (χ4v) is 6.23. The lowest BCUT2D eigenvalue weighted by Crippen LogP contribution is -2.48. The molecule has 3 heterocycles. The SMILES string of the molecule is Cc1ccc(OC[C@H]2c3ccsc3CCN2C(=O)CN(CC2CC2)C(=O)c2ccc3c(c2)OCO3)c(C)c1. The molecule has 38 heavy (non-hydrogen) atoms. The van der Waals surface area contributed by atoms with Crippen LogP contribution < -0.4 is 14.2 Å². The van der Waals surface area contributed by atoms with Crippen LogP contribution in [0.3, 0.4) is 0 Å². The molecule has 2 amide bonds. The molecule has 0 N–H and O–H groups in total. The average Bonchev–Trinajstić information content (AvgIpc) is 3.38. The van der Waals surface area contributed by atoms with Crippen LogP contribution in [0.25, 0.3) is 0 Å². The van der Waals surface area contributed by atoms with Crippen molar-refractivity contribution >= 4 is 23.2 Å². The van der Waals surface area contributed by atoms with Crippen molar-refractivity contribution in [3.8, 4) is 17.2 Å². The van der Waals surface area contributed by atoms with Gasteiger partial charge in [0.1, 0.15) is 18.9 Å². The number of ether oxygens (including phenoxy) is 3. The minimum atomic E-state index is -0.193. The lowest BCUT2D eigenvalue weighted by atomic mass is 10.00. The Kier molecular flexibility index (Phi) is 6.74. The third-order valence-corrected chi connectivity index (χ3v) is 8.55. The van der Waals surface area contributed by atoms with Crippen molar-refractivity contribution in [2.45, 2.75) is 39.2 Å². The maximum atomic E-state index is 13.8. The van der Waals surface area contributed by atoms with Crippen molar-refractivity contribution in [2.24, 2.45) is 5.92 Å². The van der Waals surface area contributed by atoms with E-state index in [0.29, 0.717) is 42.7 Å². The molecule has 198 valence electrons.